The lowest BCUT2D eigenvalue weighted by molar-refractivity contribution is 0.0121. The van der Waals surface area contributed by atoms with Crippen molar-refractivity contribution < 1.29 is 14.3 Å². The molecular formula is C35H43NO3. The van der Waals surface area contributed by atoms with Gasteiger partial charge in [0, 0.05) is 19.0 Å². The van der Waals surface area contributed by atoms with Crippen LogP contribution in [0.15, 0.2) is 72.8 Å². The summed E-state index contributed by atoms with van der Waals surface area (Å²) in [6.07, 6.45) is 4.01. The Morgan fingerprint density at radius 2 is 1.59 bits per heavy atom. The van der Waals surface area contributed by atoms with Crippen LogP contribution in [0.5, 0.6) is 5.75 Å². The Labute approximate surface area is 234 Å². The van der Waals surface area contributed by atoms with Crippen LogP contribution in [0.2, 0.25) is 0 Å². The summed E-state index contributed by atoms with van der Waals surface area (Å²) in [7, 11) is 0. The zero-order valence-electron chi connectivity index (χ0n) is 24.2. The minimum Gasteiger partial charge on any atom is -0.490 e. The monoisotopic (exact) mass is 525 g/mol. The summed E-state index contributed by atoms with van der Waals surface area (Å²) in [6.45, 7) is 11.5. The number of carbonyl (C=O) groups excluding carboxylic acids is 1. The van der Waals surface area contributed by atoms with Crippen LogP contribution in [0.25, 0.3) is 0 Å². The van der Waals surface area contributed by atoms with Crippen LogP contribution in [-0.2, 0) is 11.2 Å². The Kier molecular flexibility index (Phi) is 8.02. The van der Waals surface area contributed by atoms with Crippen molar-refractivity contribution in [2.75, 3.05) is 13.1 Å². The van der Waals surface area contributed by atoms with Crippen molar-refractivity contribution in [3.8, 4) is 5.75 Å². The van der Waals surface area contributed by atoms with Gasteiger partial charge in [0.15, 0.2) is 0 Å². The van der Waals surface area contributed by atoms with Gasteiger partial charge in [-0.2, -0.15) is 0 Å². The Morgan fingerprint density at radius 1 is 0.897 bits per heavy atom. The quantitative estimate of drug-likeness (QED) is 0.336. The van der Waals surface area contributed by atoms with E-state index < -0.39 is 5.60 Å². The molecular weight excluding hydrogens is 482 g/mol. The molecule has 0 saturated carbocycles. The maximum Gasteiger partial charge on any atom is 0.410 e. The van der Waals surface area contributed by atoms with E-state index >= 15 is 0 Å². The van der Waals surface area contributed by atoms with E-state index in [9.17, 15) is 4.79 Å². The van der Waals surface area contributed by atoms with E-state index in [-0.39, 0.29) is 12.2 Å². The highest BCUT2D eigenvalue weighted by Crippen LogP contribution is 2.46. The van der Waals surface area contributed by atoms with Gasteiger partial charge in [-0.25, -0.2) is 4.79 Å². The number of benzene rings is 3. The number of rotatable bonds is 5. The molecule has 0 spiro atoms. The molecule has 5 rings (SSSR count). The van der Waals surface area contributed by atoms with Crippen molar-refractivity contribution in [1.82, 2.24) is 4.90 Å². The molecule has 206 valence electrons. The smallest absolute Gasteiger partial charge is 0.410 e. The number of fused-ring (bicyclic) bond motifs is 1. The maximum atomic E-state index is 12.4. The summed E-state index contributed by atoms with van der Waals surface area (Å²) in [5.41, 5.74) is 6.58. The van der Waals surface area contributed by atoms with Gasteiger partial charge in [-0.1, -0.05) is 66.2 Å². The zero-order valence-corrected chi connectivity index (χ0v) is 24.2. The van der Waals surface area contributed by atoms with Gasteiger partial charge in [0.25, 0.3) is 0 Å². The topological polar surface area (TPSA) is 38.8 Å². The molecule has 3 atom stereocenters. The summed E-state index contributed by atoms with van der Waals surface area (Å²) >= 11 is 0. The average Bonchev–Trinajstić information content (AvgIpc) is 2.92. The molecule has 1 saturated heterocycles. The van der Waals surface area contributed by atoms with Crippen LogP contribution >= 0.6 is 0 Å². The zero-order chi connectivity index (χ0) is 27.6. The highest BCUT2D eigenvalue weighted by molar-refractivity contribution is 5.68. The number of ether oxygens (including phenoxy) is 2. The van der Waals surface area contributed by atoms with Gasteiger partial charge in [0.2, 0.25) is 0 Å². The van der Waals surface area contributed by atoms with Crippen LogP contribution < -0.4 is 4.74 Å². The van der Waals surface area contributed by atoms with Crippen molar-refractivity contribution >= 4 is 6.09 Å². The second-order valence-corrected chi connectivity index (χ2v) is 12.4. The Bertz CT molecular complexity index is 1250. The average molecular weight is 526 g/mol. The molecule has 3 aromatic carbocycles. The van der Waals surface area contributed by atoms with Gasteiger partial charge in [-0.15, -0.1) is 0 Å². The predicted octanol–water partition coefficient (Wildman–Crippen LogP) is 8.27. The molecule has 0 N–H and O–H groups in total. The third-order valence-electron chi connectivity index (χ3n) is 8.40. The number of likely N-dealkylation sites (tertiary alicyclic amines) is 1. The highest BCUT2D eigenvalue weighted by Gasteiger charge is 2.33. The molecule has 1 aliphatic carbocycles. The molecule has 1 amide bonds. The number of nitrogens with zero attached hydrogens (tertiary/aromatic N) is 1. The van der Waals surface area contributed by atoms with Crippen LogP contribution in [0.3, 0.4) is 0 Å². The van der Waals surface area contributed by atoms with Crippen molar-refractivity contribution in [1.29, 1.82) is 0 Å². The summed E-state index contributed by atoms with van der Waals surface area (Å²) in [4.78, 5) is 14.3. The van der Waals surface area contributed by atoms with Gasteiger partial charge in [-0.3, -0.25) is 0 Å². The van der Waals surface area contributed by atoms with E-state index in [4.69, 9.17) is 9.47 Å². The Morgan fingerprint density at radius 3 is 2.26 bits per heavy atom. The maximum absolute atomic E-state index is 12.4. The molecule has 39 heavy (non-hydrogen) atoms. The first-order valence-corrected chi connectivity index (χ1v) is 14.6. The van der Waals surface area contributed by atoms with Gasteiger partial charge < -0.3 is 14.4 Å². The van der Waals surface area contributed by atoms with E-state index in [1.54, 1.807) is 0 Å². The van der Waals surface area contributed by atoms with Crippen molar-refractivity contribution in [2.45, 2.75) is 83.8 Å². The second kappa shape index (κ2) is 11.5. The number of carbonyl (C=O) groups is 1. The molecule has 0 radical (unpaired) electrons. The van der Waals surface area contributed by atoms with Crippen LogP contribution in [-0.4, -0.2) is 35.8 Å². The summed E-state index contributed by atoms with van der Waals surface area (Å²) in [5.74, 6) is 2.12. The molecule has 0 bridgehead atoms. The molecule has 1 fully saturated rings. The van der Waals surface area contributed by atoms with E-state index in [1.807, 2.05) is 25.7 Å². The predicted molar refractivity (Wildman–Crippen MR) is 158 cm³/mol. The Hall–Kier alpha value is -3.27. The fraction of sp³-hybridized carbons (Fsp3) is 0.457. The van der Waals surface area contributed by atoms with Gasteiger partial charge in [0.05, 0.1) is 6.10 Å². The number of piperidine rings is 1. The SMILES string of the molecule is Cc1ccc2c(c1)CC[C@H](c1ccccc1)[C@@H]2c1ccc(OC(C)C2CCN(C(=O)OC(C)(C)C)CC2)cc1. The van der Waals surface area contributed by atoms with Crippen molar-refractivity contribution in [3.63, 3.8) is 0 Å². The van der Waals surface area contributed by atoms with Crippen molar-refractivity contribution in [2.24, 2.45) is 5.92 Å². The molecule has 1 heterocycles. The third-order valence-corrected chi connectivity index (χ3v) is 8.40. The summed E-state index contributed by atoms with van der Waals surface area (Å²) in [5, 5.41) is 0. The van der Waals surface area contributed by atoms with E-state index in [1.165, 1.54) is 27.8 Å². The summed E-state index contributed by atoms with van der Waals surface area (Å²) in [6, 6.07) is 26.8. The normalized spacial score (nSPS) is 20.7. The summed E-state index contributed by atoms with van der Waals surface area (Å²) < 4.78 is 12.0. The van der Waals surface area contributed by atoms with Gasteiger partial charge in [-0.05, 0) is 107 Å². The van der Waals surface area contributed by atoms with E-state index in [0.717, 1.165) is 31.4 Å². The minimum atomic E-state index is -0.462. The van der Waals surface area contributed by atoms with Crippen LogP contribution in [0.4, 0.5) is 4.79 Å². The fourth-order valence-electron chi connectivity index (χ4n) is 6.36. The molecule has 4 nitrogen and oxygen atoms in total. The van der Waals surface area contributed by atoms with Gasteiger partial charge in [0.1, 0.15) is 11.4 Å². The molecule has 4 heteroatoms. The Balaban J connectivity index is 1.27. The fourth-order valence-corrected chi connectivity index (χ4v) is 6.36. The lowest BCUT2D eigenvalue weighted by atomic mass is 9.69. The molecule has 0 aromatic heterocycles. The van der Waals surface area contributed by atoms with Gasteiger partial charge >= 0.3 is 6.09 Å². The number of hydrogen-bond donors (Lipinski definition) is 0. The van der Waals surface area contributed by atoms with E-state index in [2.05, 4.69) is 86.6 Å². The first-order valence-electron chi connectivity index (χ1n) is 14.6. The molecule has 3 aromatic rings. The lowest BCUT2D eigenvalue weighted by Crippen LogP contribution is -2.44. The van der Waals surface area contributed by atoms with E-state index in [0.29, 0.717) is 30.8 Å². The first-order chi connectivity index (χ1) is 18.7. The number of aryl methyl sites for hydroxylation is 2. The molecule has 1 aliphatic heterocycles. The first kappa shape index (κ1) is 27.3. The second-order valence-electron chi connectivity index (χ2n) is 12.4. The number of hydrogen-bond acceptors (Lipinski definition) is 3. The van der Waals surface area contributed by atoms with Crippen LogP contribution in [0, 0.1) is 12.8 Å². The van der Waals surface area contributed by atoms with Crippen molar-refractivity contribution in [3.05, 3.63) is 101 Å². The molecule has 1 unspecified atom stereocenters. The van der Waals surface area contributed by atoms with Crippen LogP contribution in [0.1, 0.15) is 86.6 Å². The minimum absolute atomic E-state index is 0.0899. The number of amides is 1. The third kappa shape index (κ3) is 6.49. The standard InChI is InChI=1S/C35H43NO3/c1-24-11-17-32-29(23-24)14-18-31(27-9-7-6-8-10-27)33(32)28-12-15-30(16-13-28)38-25(2)26-19-21-36(22-20-26)34(37)39-35(3,4)5/h6-13,15-17,23,25-26,31,33H,14,18-22H2,1-5H3/t25?,31-,33+/m1/s1. The largest absolute Gasteiger partial charge is 0.490 e. The lowest BCUT2D eigenvalue weighted by Gasteiger charge is -2.36. The molecule has 2 aliphatic rings. The highest BCUT2D eigenvalue weighted by atomic mass is 16.6.